The first kappa shape index (κ1) is 12.2. The van der Waals surface area contributed by atoms with Gasteiger partial charge in [0.05, 0.1) is 30.8 Å². The summed E-state index contributed by atoms with van der Waals surface area (Å²) in [4.78, 5) is 1.90. The fraction of sp³-hybridized carbons (Fsp3) is 0.625. The van der Waals surface area contributed by atoms with Crippen molar-refractivity contribution in [2.75, 3.05) is 31.7 Å². The molecule has 7 heteroatoms. The Morgan fingerprint density at radius 3 is 2.87 bits per heavy atom. The highest BCUT2D eigenvalue weighted by Crippen LogP contribution is 2.22. The van der Waals surface area contributed by atoms with Gasteiger partial charge in [0.2, 0.25) is 0 Å². The van der Waals surface area contributed by atoms with E-state index in [9.17, 15) is 0 Å². The maximum atomic E-state index is 8.53. The molecule has 1 aromatic heterocycles. The summed E-state index contributed by atoms with van der Waals surface area (Å²) in [5.74, 6) is 0.633. The van der Waals surface area contributed by atoms with Gasteiger partial charge in [-0.25, -0.2) is 0 Å². The number of methoxy groups -OCH3 is 1. The van der Waals surface area contributed by atoms with Gasteiger partial charge in [0.15, 0.2) is 11.0 Å². The molecule has 0 atom stereocenters. The predicted octanol–water partition coefficient (Wildman–Crippen LogP) is 1.56. The molecule has 0 saturated carbocycles. The van der Waals surface area contributed by atoms with E-state index in [1.165, 1.54) is 0 Å². The van der Waals surface area contributed by atoms with E-state index in [0.29, 0.717) is 37.1 Å². The van der Waals surface area contributed by atoms with Crippen LogP contribution in [-0.4, -0.2) is 35.6 Å². The summed E-state index contributed by atoms with van der Waals surface area (Å²) in [5.41, 5.74) is 0. The number of nitrogens with zero attached hydrogens (tertiary/aromatic N) is 4. The number of halogens is 1. The lowest BCUT2D eigenvalue weighted by Crippen LogP contribution is -2.28. The molecular weight excluding hydrogens is 236 g/mol. The molecule has 0 saturated heterocycles. The van der Waals surface area contributed by atoms with Crippen LogP contribution in [-0.2, 0) is 4.74 Å². The van der Waals surface area contributed by atoms with Crippen molar-refractivity contribution in [1.29, 1.82) is 5.26 Å². The van der Waals surface area contributed by atoms with Crippen LogP contribution in [0.25, 0.3) is 0 Å². The quantitative estimate of drug-likeness (QED) is 0.762. The molecular formula is C8H11ClN4OS. The first-order valence-electron chi connectivity index (χ1n) is 4.38. The van der Waals surface area contributed by atoms with E-state index >= 15 is 0 Å². The highest BCUT2D eigenvalue weighted by atomic mass is 35.5. The summed E-state index contributed by atoms with van der Waals surface area (Å²) in [7, 11) is 1.63. The van der Waals surface area contributed by atoms with E-state index in [-0.39, 0.29) is 0 Å². The molecule has 0 fully saturated rings. The van der Waals surface area contributed by atoms with Crippen LogP contribution in [0.4, 0.5) is 5.82 Å². The van der Waals surface area contributed by atoms with Crippen LogP contribution in [0.5, 0.6) is 0 Å². The van der Waals surface area contributed by atoms with Gasteiger partial charge in [0.25, 0.3) is 0 Å². The second-order valence-electron chi connectivity index (χ2n) is 2.77. The SMILES string of the molecule is COCCN(CCC#N)c1nsnc1Cl. The monoisotopic (exact) mass is 246 g/mol. The maximum absolute atomic E-state index is 8.53. The Balaban J connectivity index is 2.63. The minimum Gasteiger partial charge on any atom is -0.383 e. The number of rotatable bonds is 6. The second kappa shape index (κ2) is 6.56. The van der Waals surface area contributed by atoms with Crippen molar-refractivity contribution in [2.45, 2.75) is 6.42 Å². The van der Waals surface area contributed by atoms with Crippen LogP contribution in [0, 0.1) is 11.3 Å². The zero-order valence-electron chi connectivity index (χ0n) is 8.31. The molecule has 1 aromatic rings. The number of nitriles is 1. The van der Waals surface area contributed by atoms with E-state index in [0.717, 1.165) is 11.7 Å². The van der Waals surface area contributed by atoms with Crippen molar-refractivity contribution in [1.82, 2.24) is 8.75 Å². The lowest BCUT2D eigenvalue weighted by atomic mass is 10.4. The minimum atomic E-state index is 0.383. The lowest BCUT2D eigenvalue weighted by Gasteiger charge is -2.20. The summed E-state index contributed by atoms with van der Waals surface area (Å²) in [6, 6.07) is 2.09. The van der Waals surface area contributed by atoms with Gasteiger partial charge in [0, 0.05) is 20.2 Å². The zero-order chi connectivity index (χ0) is 11.1. The first-order chi connectivity index (χ1) is 7.29. The van der Waals surface area contributed by atoms with Crippen molar-refractivity contribution in [3.05, 3.63) is 5.15 Å². The van der Waals surface area contributed by atoms with Gasteiger partial charge >= 0.3 is 0 Å². The molecule has 0 aliphatic heterocycles. The average Bonchev–Trinajstić information content (AvgIpc) is 2.65. The Kier molecular flexibility index (Phi) is 5.32. The smallest absolute Gasteiger partial charge is 0.187 e. The molecule has 1 rings (SSSR count). The number of aromatic nitrogens is 2. The topological polar surface area (TPSA) is 62.0 Å². The predicted molar refractivity (Wildman–Crippen MR) is 59.2 cm³/mol. The Bertz CT molecular complexity index is 338. The fourth-order valence-corrected chi connectivity index (χ4v) is 1.85. The van der Waals surface area contributed by atoms with Crippen molar-refractivity contribution in [3.63, 3.8) is 0 Å². The fourth-order valence-electron chi connectivity index (χ4n) is 1.07. The van der Waals surface area contributed by atoms with Crippen molar-refractivity contribution >= 4 is 29.1 Å². The molecule has 1 heterocycles. The molecule has 0 radical (unpaired) electrons. The summed E-state index contributed by atoms with van der Waals surface area (Å²) >= 11 is 6.93. The maximum Gasteiger partial charge on any atom is 0.187 e. The Hall–Kier alpha value is -0.900. The van der Waals surface area contributed by atoms with Gasteiger partial charge < -0.3 is 9.64 Å². The van der Waals surface area contributed by atoms with Gasteiger partial charge in [-0.05, 0) is 0 Å². The van der Waals surface area contributed by atoms with Crippen molar-refractivity contribution in [3.8, 4) is 6.07 Å². The van der Waals surface area contributed by atoms with Gasteiger partial charge in [-0.3, -0.25) is 0 Å². The minimum absolute atomic E-state index is 0.383. The summed E-state index contributed by atoms with van der Waals surface area (Å²) in [6.07, 6.45) is 0.428. The molecule has 0 aliphatic rings. The van der Waals surface area contributed by atoms with Crippen LogP contribution < -0.4 is 4.90 Å². The molecule has 0 aromatic carbocycles. The Labute approximate surface area is 97.6 Å². The molecule has 0 amide bonds. The standard InChI is InChI=1S/C8H11ClN4OS/c1-14-6-5-13(4-2-3-10)8-7(9)11-15-12-8/h2,4-6H2,1H3. The van der Waals surface area contributed by atoms with Gasteiger partial charge in [-0.2, -0.15) is 14.0 Å². The van der Waals surface area contributed by atoms with E-state index < -0.39 is 0 Å². The highest BCUT2D eigenvalue weighted by Gasteiger charge is 2.13. The molecule has 0 unspecified atom stereocenters. The summed E-state index contributed by atoms with van der Waals surface area (Å²) < 4.78 is 12.9. The normalized spacial score (nSPS) is 9.93. The van der Waals surface area contributed by atoms with Crippen molar-refractivity contribution in [2.24, 2.45) is 0 Å². The van der Waals surface area contributed by atoms with Crippen LogP contribution >= 0.6 is 23.3 Å². The molecule has 5 nitrogen and oxygen atoms in total. The van der Waals surface area contributed by atoms with E-state index in [1.54, 1.807) is 7.11 Å². The van der Waals surface area contributed by atoms with Crippen LogP contribution in [0.1, 0.15) is 6.42 Å². The number of anilines is 1. The molecule has 82 valence electrons. The highest BCUT2D eigenvalue weighted by molar-refractivity contribution is 6.99. The number of hydrogen-bond donors (Lipinski definition) is 0. The number of hydrogen-bond acceptors (Lipinski definition) is 6. The Morgan fingerprint density at radius 1 is 1.53 bits per heavy atom. The summed E-state index contributed by atoms with van der Waals surface area (Å²) in [6.45, 7) is 1.81. The third-order valence-electron chi connectivity index (χ3n) is 1.79. The lowest BCUT2D eigenvalue weighted by molar-refractivity contribution is 0.205. The molecule has 0 spiro atoms. The second-order valence-corrected chi connectivity index (χ2v) is 3.65. The first-order valence-corrected chi connectivity index (χ1v) is 5.49. The van der Waals surface area contributed by atoms with Crippen LogP contribution in [0.15, 0.2) is 0 Å². The largest absolute Gasteiger partial charge is 0.383 e. The number of ether oxygens (including phenoxy) is 1. The van der Waals surface area contributed by atoms with Gasteiger partial charge in [-0.1, -0.05) is 11.6 Å². The Morgan fingerprint density at radius 2 is 2.33 bits per heavy atom. The van der Waals surface area contributed by atoms with E-state index in [2.05, 4.69) is 14.8 Å². The van der Waals surface area contributed by atoms with Gasteiger partial charge in [0.1, 0.15) is 0 Å². The third-order valence-corrected chi connectivity index (χ3v) is 2.66. The molecule has 0 aliphatic carbocycles. The average molecular weight is 247 g/mol. The molecule has 0 bridgehead atoms. The van der Waals surface area contributed by atoms with Crippen LogP contribution in [0.3, 0.4) is 0 Å². The third kappa shape index (κ3) is 3.63. The zero-order valence-corrected chi connectivity index (χ0v) is 9.88. The van der Waals surface area contributed by atoms with Crippen LogP contribution in [0.2, 0.25) is 5.15 Å². The van der Waals surface area contributed by atoms with E-state index in [4.69, 9.17) is 21.6 Å². The molecule has 0 N–H and O–H groups in total. The van der Waals surface area contributed by atoms with Crippen molar-refractivity contribution < 1.29 is 4.74 Å². The van der Waals surface area contributed by atoms with Gasteiger partial charge in [-0.15, -0.1) is 0 Å². The molecule has 15 heavy (non-hydrogen) atoms. The summed E-state index contributed by atoms with van der Waals surface area (Å²) in [5, 5.41) is 8.92. The van der Waals surface area contributed by atoms with E-state index in [1.807, 2.05) is 4.90 Å².